The first-order valence-electron chi connectivity index (χ1n) is 8.71. The number of likely N-dealkylation sites (tertiary alicyclic amines) is 1. The summed E-state index contributed by atoms with van der Waals surface area (Å²) < 4.78 is 5.01. The first kappa shape index (κ1) is 18.3. The van der Waals surface area contributed by atoms with Crippen molar-refractivity contribution in [1.82, 2.24) is 10.2 Å². The number of carbonyl (C=O) groups is 2. The fourth-order valence-electron chi connectivity index (χ4n) is 3.17. The molecule has 1 aromatic rings. The number of amides is 2. The Morgan fingerprint density at radius 2 is 1.96 bits per heavy atom. The number of carbonyl (C=O) groups excluding carboxylic acids is 2. The molecule has 1 aromatic carbocycles. The first-order chi connectivity index (χ1) is 11.4. The number of rotatable bonds is 4. The molecule has 5 nitrogen and oxygen atoms in total. The van der Waals surface area contributed by atoms with Crippen LogP contribution in [0.1, 0.15) is 49.4 Å². The van der Waals surface area contributed by atoms with E-state index in [0.29, 0.717) is 32.5 Å². The molecular formula is C19H28N2O3. The number of piperidine rings is 1. The Kier molecular flexibility index (Phi) is 6.23. The molecule has 0 aromatic heterocycles. The largest absolute Gasteiger partial charge is 0.450 e. The quantitative estimate of drug-likeness (QED) is 0.920. The SMILES string of the molecule is CCOC(=O)N1CCC(C(=O)NC(C)c2cc(C)ccc2C)CC1. The predicted octanol–water partition coefficient (Wildman–Crippen LogP) is 3.35. The summed E-state index contributed by atoms with van der Waals surface area (Å²) >= 11 is 0. The van der Waals surface area contributed by atoms with E-state index in [2.05, 4.69) is 37.4 Å². The van der Waals surface area contributed by atoms with Crippen LogP contribution in [0, 0.1) is 19.8 Å². The Morgan fingerprint density at radius 1 is 1.29 bits per heavy atom. The van der Waals surface area contributed by atoms with Gasteiger partial charge in [0.2, 0.25) is 5.91 Å². The van der Waals surface area contributed by atoms with E-state index < -0.39 is 0 Å². The minimum absolute atomic E-state index is 0.0134. The second-order valence-corrected chi connectivity index (χ2v) is 6.55. The molecule has 0 saturated carbocycles. The summed E-state index contributed by atoms with van der Waals surface area (Å²) in [6.07, 6.45) is 1.09. The molecule has 0 radical (unpaired) electrons. The second-order valence-electron chi connectivity index (χ2n) is 6.55. The number of nitrogens with one attached hydrogen (secondary N) is 1. The standard InChI is InChI=1S/C19H28N2O3/c1-5-24-19(23)21-10-8-16(9-11-21)18(22)20-15(4)17-12-13(2)6-7-14(17)3/h6-7,12,15-16H,5,8-11H2,1-4H3,(H,20,22). The third-order valence-electron chi connectivity index (χ3n) is 4.65. The van der Waals surface area contributed by atoms with Gasteiger partial charge in [-0.3, -0.25) is 4.79 Å². The average Bonchev–Trinajstić information content (AvgIpc) is 2.57. The molecule has 1 saturated heterocycles. The van der Waals surface area contributed by atoms with Crippen LogP contribution in [0.5, 0.6) is 0 Å². The molecule has 1 aliphatic rings. The molecule has 1 aliphatic heterocycles. The third-order valence-corrected chi connectivity index (χ3v) is 4.65. The second kappa shape index (κ2) is 8.18. The van der Waals surface area contributed by atoms with Crippen molar-refractivity contribution < 1.29 is 14.3 Å². The van der Waals surface area contributed by atoms with Gasteiger partial charge in [-0.05, 0) is 51.7 Å². The molecule has 5 heteroatoms. The van der Waals surface area contributed by atoms with Crippen molar-refractivity contribution in [2.24, 2.45) is 5.92 Å². The van der Waals surface area contributed by atoms with Crippen LogP contribution in [0.3, 0.4) is 0 Å². The number of nitrogens with zero attached hydrogens (tertiary/aromatic N) is 1. The summed E-state index contributed by atoms with van der Waals surface area (Å²) in [5, 5.41) is 3.13. The van der Waals surface area contributed by atoms with Crippen LogP contribution in [-0.2, 0) is 9.53 Å². The van der Waals surface area contributed by atoms with E-state index in [1.165, 1.54) is 11.1 Å². The number of hydrogen-bond acceptors (Lipinski definition) is 3. The van der Waals surface area contributed by atoms with E-state index in [0.717, 1.165) is 5.56 Å². The van der Waals surface area contributed by atoms with E-state index >= 15 is 0 Å². The maximum absolute atomic E-state index is 12.5. The molecule has 24 heavy (non-hydrogen) atoms. The Balaban J connectivity index is 1.89. The summed E-state index contributed by atoms with van der Waals surface area (Å²) in [4.78, 5) is 25.9. The van der Waals surface area contributed by atoms with E-state index in [4.69, 9.17) is 4.74 Å². The topological polar surface area (TPSA) is 58.6 Å². The summed E-state index contributed by atoms with van der Waals surface area (Å²) in [5.74, 6) is 0.0372. The lowest BCUT2D eigenvalue weighted by Crippen LogP contribution is -2.43. The molecule has 1 N–H and O–H groups in total. The number of ether oxygens (including phenoxy) is 1. The normalized spacial score (nSPS) is 16.6. The van der Waals surface area contributed by atoms with Gasteiger partial charge in [0.25, 0.3) is 0 Å². The molecule has 132 valence electrons. The highest BCUT2D eigenvalue weighted by atomic mass is 16.6. The van der Waals surface area contributed by atoms with Crippen LogP contribution in [0.2, 0.25) is 0 Å². The fraction of sp³-hybridized carbons (Fsp3) is 0.579. The van der Waals surface area contributed by atoms with Gasteiger partial charge in [0.1, 0.15) is 0 Å². The van der Waals surface area contributed by atoms with E-state index in [1.54, 1.807) is 11.8 Å². The Hall–Kier alpha value is -2.04. The van der Waals surface area contributed by atoms with Gasteiger partial charge >= 0.3 is 6.09 Å². The van der Waals surface area contributed by atoms with Crippen molar-refractivity contribution in [3.63, 3.8) is 0 Å². The molecule has 1 unspecified atom stereocenters. The smallest absolute Gasteiger partial charge is 0.409 e. The van der Waals surface area contributed by atoms with Gasteiger partial charge in [-0.25, -0.2) is 4.79 Å². The monoisotopic (exact) mass is 332 g/mol. The molecule has 0 aliphatic carbocycles. The summed E-state index contributed by atoms with van der Waals surface area (Å²) in [7, 11) is 0. The van der Waals surface area contributed by atoms with Crippen LogP contribution in [0.15, 0.2) is 18.2 Å². The van der Waals surface area contributed by atoms with E-state index in [-0.39, 0.29) is 24.0 Å². The summed E-state index contributed by atoms with van der Waals surface area (Å²) in [6.45, 7) is 9.48. The average molecular weight is 332 g/mol. The minimum atomic E-state index is -0.278. The van der Waals surface area contributed by atoms with Crippen molar-refractivity contribution in [2.45, 2.75) is 46.6 Å². The van der Waals surface area contributed by atoms with Crippen LogP contribution in [0.25, 0.3) is 0 Å². The Morgan fingerprint density at radius 3 is 2.58 bits per heavy atom. The van der Waals surface area contributed by atoms with Crippen molar-refractivity contribution in [1.29, 1.82) is 0 Å². The Bertz CT molecular complexity index is 592. The van der Waals surface area contributed by atoms with Crippen LogP contribution in [0.4, 0.5) is 4.79 Å². The molecule has 1 fully saturated rings. The van der Waals surface area contributed by atoms with Crippen LogP contribution in [-0.4, -0.2) is 36.6 Å². The van der Waals surface area contributed by atoms with Crippen molar-refractivity contribution in [3.8, 4) is 0 Å². The summed E-state index contributed by atoms with van der Waals surface area (Å²) in [5.41, 5.74) is 3.54. The number of benzene rings is 1. The molecule has 1 atom stereocenters. The van der Waals surface area contributed by atoms with Crippen molar-refractivity contribution in [2.75, 3.05) is 19.7 Å². The Labute approximate surface area is 144 Å². The minimum Gasteiger partial charge on any atom is -0.450 e. The van der Waals surface area contributed by atoms with Gasteiger partial charge in [0.05, 0.1) is 12.6 Å². The molecule has 1 heterocycles. The zero-order valence-corrected chi connectivity index (χ0v) is 15.1. The molecule has 2 amide bonds. The zero-order chi connectivity index (χ0) is 17.7. The van der Waals surface area contributed by atoms with Gasteiger partial charge < -0.3 is 15.0 Å². The van der Waals surface area contributed by atoms with E-state index in [9.17, 15) is 9.59 Å². The van der Waals surface area contributed by atoms with Gasteiger partial charge in [0.15, 0.2) is 0 Å². The molecule has 0 bridgehead atoms. The van der Waals surface area contributed by atoms with Crippen LogP contribution < -0.4 is 5.32 Å². The summed E-state index contributed by atoms with van der Waals surface area (Å²) in [6, 6.07) is 6.29. The van der Waals surface area contributed by atoms with Gasteiger partial charge in [-0.2, -0.15) is 0 Å². The maximum Gasteiger partial charge on any atom is 0.409 e. The van der Waals surface area contributed by atoms with Crippen molar-refractivity contribution in [3.05, 3.63) is 34.9 Å². The third kappa shape index (κ3) is 4.49. The van der Waals surface area contributed by atoms with Gasteiger partial charge in [0, 0.05) is 19.0 Å². The molecular weight excluding hydrogens is 304 g/mol. The number of hydrogen-bond donors (Lipinski definition) is 1. The highest BCUT2D eigenvalue weighted by molar-refractivity contribution is 5.79. The first-order valence-corrected chi connectivity index (χ1v) is 8.71. The van der Waals surface area contributed by atoms with Gasteiger partial charge in [-0.15, -0.1) is 0 Å². The highest BCUT2D eigenvalue weighted by Crippen LogP contribution is 2.22. The molecule has 0 spiro atoms. The highest BCUT2D eigenvalue weighted by Gasteiger charge is 2.28. The van der Waals surface area contributed by atoms with Crippen LogP contribution >= 0.6 is 0 Å². The lowest BCUT2D eigenvalue weighted by Gasteiger charge is -2.31. The fourth-order valence-corrected chi connectivity index (χ4v) is 3.17. The molecule has 2 rings (SSSR count). The lowest BCUT2D eigenvalue weighted by atomic mass is 9.94. The number of aryl methyl sites for hydroxylation is 2. The van der Waals surface area contributed by atoms with E-state index in [1.807, 2.05) is 6.92 Å². The lowest BCUT2D eigenvalue weighted by molar-refractivity contribution is -0.127. The predicted molar refractivity (Wildman–Crippen MR) is 93.8 cm³/mol. The zero-order valence-electron chi connectivity index (χ0n) is 15.1. The van der Waals surface area contributed by atoms with Crippen molar-refractivity contribution >= 4 is 12.0 Å². The maximum atomic E-state index is 12.5. The van der Waals surface area contributed by atoms with Gasteiger partial charge in [-0.1, -0.05) is 23.8 Å².